The van der Waals surface area contributed by atoms with Crippen molar-refractivity contribution in [1.82, 2.24) is 4.98 Å². The molecule has 1 unspecified atom stereocenters. The molecular formula is C16H11ClFNO. The number of fused-ring (bicyclic) bond motifs is 1. The molecule has 3 aromatic rings. The highest BCUT2D eigenvalue weighted by atomic mass is 35.5. The zero-order chi connectivity index (χ0) is 14.1. The summed E-state index contributed by atoms with van der Waals surface area (Å²) in [6.45, 7) is 0. The van der Waals surface area contributed by atoms with E-state index in [1.807, 2.05) is 24.3 Å². The molecule has 0 aliphatic carbocycles. The van der Waals surface area contributed by atoms with Crippen LogP contribution in [0.4, 0.5) is 4.39 Å². The van der Waals surface area contributed by atoms with Crippen molar-refractivity contribution in [2.45, 2.75) is 6.10 Å². The van der Waals surface area contributed by atoms with Crippen LogP contribution < -0.4 is 0 Å². The van der Waals surface area contributed by atoms with Gasteiger partial charge >= 0.3 is 0 Å². The third kappa shape index (κ3) is 2.38. The molecule has 4 heteroatoms. The Labute approximate surface area is 120 Å². The Hall–Kier alpha value is -1.97. The molecule has 0 aliphatic heterocycles. The van der Waals surface area contributed by atoms with E-state index in [1.165, 1.54) is 12.1 Å². The Balaban J connectivity index is 2.15. The molecule has 0 spiro atoms. The molecule has 0 saturated heterocycles. The molecule has 0 radical (unpaired) electrons. The number of nitrogens with zero attached hydrogens (tertiary/aromatic N) is 1. The molecule has 0 fully saturated rings. The first-order chi connectivity index (χ1) is 9.65. The number of hydrogen-bond donors (Lipinski definition) is 1. The Bertz CT molecular complexity index is 750. The maximum atomic E-state index is 13.4. The topological polar surface area (TPSA) is 33.1 Å². The Morgan fingerprint density at radius 3 is 2.80 bits per heavy atom. The van der Waals surface area contributed by atoms with E-state index in [0.717, 1.165) is 10.8 Å². The van der Waals surface area contributed by atoms with Crippen molar-refractivity contribution >= 4 is 22.4 Å². The van der Waals surface area contributed by atoms with Gasteiger partial charge in [-0.2, -0.15) is 0 Å². The molecule has 1 heterocycles. The third-order valence-electron chi connectivity index (χ3n) is 3.21. The molecule has 1 atom stereocenters. The maximum absolute atomic E-state index is 13.4. The molecule has 1 aromatic heterocycles. The van der Waals surface area contributed by atoms with E-state index in [2.05, 4.69) is 4.98 Å². The number of hydrogen-bond acceptors (Lipinski definition) is 2. The van der Waals surface area contributed by atoms with E-state index in [4.69, 9.17) is 11.6 Å². The molecule has 0 saturated carbocycles. The SMILES string of the molecule is OC(c1cc(F)cc(Cl)c1)c1cccc2cnccc12. The van der Waals surface area contributed by atoms with Gasteiger partial charge in [-0.25, -0.2) is 4.39 Å². The lowest BCUT2D eigenvalue weighted by Crippen LogP contribution is -2.01. The third-order valence-corrected chi connectivity index (χ3v) is 3.43. The van der Waals surface area contributed by atoms with Gasteiger partial charge in [0, 0.05) is 22.8 Å². The van der Waals surface area contributed by atoms with Crippen molar-refractivity contribution in [1.29, 1.82) is 0 Å². The standard InChI is InChI=1S/C16H11ClFNO/c17-12-6-11(7-13(18)8-12)16(20)15-3-1-2-10-9-19-5-4-14(10)15/h1-9,16,20H. The minimum atomic E-state index is -0.936. The van der Waals surface area contributed by atoms with Crippen molar-refractivity contribution in [3.63, 3.8) is 0 Å². The highest BCUT2D eigenvalue weighted by molar-refractivity contribution is 6.30. The Kier molecular flexibility index (Phi) is 3.38. The molecule has 0 aliphatic rings. The smallest absolute Gasteiger partial charge is 0.125 e. The fourth-order valence-corrected chi connectivity index (χ4v) is 2.53. The van der Waals surface area contributed by atoms with Crippen LogP contribution in [0.3, 0.4) is 0 Å². The summed E-state index contributed by atoms with van der Waals surface area (Å²) in [7, 11) is 0. The van der Waals surface area contributed by atoms with Gasteiger partial charge in [-0.05, 0) is 40.8 Å². The molecule has 0 bridgehead atoms. The predicted octanol–water partition coefficient (Wildman–Crippen LogP) is 4.11. The maximum Gasteiger partial charge on any atom is 0.125 e. The minimum Gasteiger partial charge on any atom is -0.384 e. The van der Waals surface area contributed by atoms with Gasteiger partial charge in [0.1, 0.15) is 11.9 Å². The first-order valence-corrected chi connectivity index (χ1v) is 6.49. The normalized spacial score (nSPS) is 12.6. The first kappa shape index (κ1) is 13.0. The van der Waals surface area contributed by atoms with Crippen LogP contribution in [-0.2, 0) is 0 Å². The van der Waals surface area contributed by atoms with Crippen molar-refractivity contribution in [2.75, 3.05) is 0 Å². The van der Waals surface area contributed by atoms with Crippen LogP contribution >= 0.6 is 11.6 Å². The van der Waals surface area contributed by atoms with Gasteiger partial charge in [-0.3, -0.25) is 4.98 Å². The molecule has 100 valence electrons. The number of pyridine rings is 1. The van der Waals surface area contributed by atoms with E-state index < -0.39 is 11.9 Å². The Morgan fingerprint density at radius 2 is 2.00 bits per heavy atom. The van der Waals surface area contributed by atoms with Gasteiger partial charge in [0.05, 0.1) is 0 Å². The van der Waals surface area contributed by atoms with Crippen LogP contribution in [0.25, 0.3) is 10.8 Å². The summed E-state index contributed by atoms with van der Waals surface area (Å²) in [5.74, 6) is -0.464. The monoisotopic (exact) mass is 287 g/mol. The lowest BCUT2D eigenvalue weighted by molar-refractivity contribution is 0.221. The second-order valence-corrected chi connectivity index (χ2v) is 4.99. The highest BCUT2D eigenvalue weighted by Crippen LogP contribution is 2.30. The average molecular weight is 288 g/mol. The number of rotatable bonds is 2. The molecule has 3 rings (SSSR count). The first-order valence-electron chi connectivity index (χ1n) is 6.12. The van der Waals surface area contributed by atoms with Crippen LogP contribution in [0, 0.1) is 5.82 Å². The zero-order valence-electron chi connectivity index (χ0n) is 10.4. The molecule has 2 nitrogen and oxygen atoms in total. The quantitative estimate of drug-likeness (QED) is 0.769. The molecule has 0 amide bonds. The molecule has 2 aromatic carbocycles. The zero-order valence-corrected chi connectivity index (χ0v) is 11.2. The second-order valence-electron chi connectivity index (χ2n) is 4.55. The Morgan fingerprint density at radius 1 is 1.15 bits per heavy atom. The van der Waals surface area contributed by atoms with Gasteiger partial charge in [0.2, 0.25) is 0 Å². The van der Waals surface area contributed by atoms with Crippen LogP contribution in [0.5, 0.6) is 0 Å². The summed E-state index contributed by atoms with van der Waals surface area (Å²) in [4.78, 5) is 4.05. The lowest BCUT2D eigenvalue weighted by atomic mass is 9.97. The average Bonchev–Trinajstić information content (AvgIpc) is 2.45. The van der Waals surface area contributed by atoms with E-state index in [9.17, 15) is 9.50 Å². The molecular weight excluding hydrogens is 277 g/mol. The summed E-state index contributed by atoms with van der Waals surface area (Å²) in [5, 5.41) is 12.6. The van der Waals surface area contributed by atoms with Gasteiger partial charge in [0.15, 0.2) is 0 Å². The number of aliphatic hydroxyl groups is 1. The minimum absolute atomic E-state index is 0.265. The summed E-state index contributed by atoms with van der Waals surface area (Å²) in [6, 6.07) is 11.5. The fourth-order valence-electron chi connectivity index (χ4n) is 2.30. The van der Waals surface area contributed by atoms with Crippen LogP contribution in [-0.4, -0.2) is 10.1 Å². The number of aliphatic hydroxyl groups excluding tert-OH is 1. The van der Waals surface area contributed by atoms with Crippen molar-refractivity contribution in [3.8, 4) is 0 Å². The highest BCUT2D eigenvalue weighted by Gasteiger charge is 2.15. The largest absolute Gasteiger partial charge is 0.384 e. The van der Waals surface area contributed by atoms with Gasteiger partial charge in [-0.1, -0.05) is 29.8 Å². The van der Waals surface area contributed by atoms with E-state index in [1.54, 1.807) is 18.5 Å². The van der Waals surface area contributed by atoms with E-state index in [0.29, 0.717) is 11.1 Å². The van der Waals surface area contributed by atoms with E-state index >= 15 is 0 Å². The van der Waals surface area contributed by atoms with Gasteiger partial charge in [0.25, 0.3) is 0 Å². The molecule has 20 heavy (non-hydrogen) atoms. The van der Waals surface area contributed by atoms with Crippen LogP contribution in [0.1, 0.15) is 17.2 Å². The van der Waals surface area contributed by atoms with E-state index in [-0.39, 0.29) is 5.02 Å². The molecule has 1 N–H and O–H groups in total. The number of benzene rings is 2. The van der Waals surface area contributed by atoms with Crippen LogP contribution in [0.15, 0.2) is 54.9 Å². The lowest BCUT2D eigenvalue weighted by Gasteiger charge is -2.14. The van der Waals surface area contributed by atoms with Crippen molar-refractivity contribution in [3.05, 3.63) is 76.8 Å². The van der Waals surface area contributed by atoms with Gasteiger partial charge < -0.3 is 5.11 Å². The van der Waals surface area contributed by atoms with Gasteiger partial charge in [-0.15, -0.1) is 0 Å². The number of halogens is 2. The second kappa shape index (κ2) is 5.19. The number of aromatic nitrogens is 1. The summed E-state index contributed by atoms with van der Waals surface area (Å²) in [5.41, 5.74) is 1.13. The summed E-state index contributed by atoms with van der Waals surface area (Å²) >= 11 is 5.84. The predicted molar refractivity (Wildman–Crippen MR) is 77.2 cm³/mol. The van der Waals surface area contributed by atoms with Crippen LogP contribution in [0.2, 0.25) is 5.02 Å². The van der Waals surface area contributed by atoms with Crippen molar-refractivity contribution in [2.24, 2.45) is 0 Å². The summed E-state index contributed by atoms with van der Waals surface area (Å²) in [6.07, 6.45) is 2.45. The van der Waals surface area contributed by atoms with Crippen molar-refractivity contribution < 1.29 is 9.50 Å². The summed E-state index contributed by atoms with van der Waals surface area (Å²) < 4.78 is 13.4. The fraction of sp³-hybridized carbons (Fsp3) is 0.0625.